The van der Waals surface area contributed by atoms with Crippen molar-refractivity contribution in [3.05, 3.63) is 29.6 Å². The zero-order valence-corrected chi connectivity index (χ0v) is 10.4. The van der Waals surface area contributed by atoms with Gasteiger partial charge in [0.1, 0.15) is 17.1 Å². The molecule has 2 atom stereocenters. The molecule has 0 aliphatic carbocycles. The molecular formula is C11H14FNO3S. The number of carbonyl (C=O) groups is 1. The Morgan fingerprint density at radius 3 is 2.76 bits per heavy atom. The highest BCUT2D eigenvalue weighted by Gasteiger charge is 2.17. The summed E-state index contributed by atoms with van der Waals surface area (Å²) in [7, 11) is -1.06. The van der Waals surface area contributed by atoms with Crippen LogP contribution >= 0.6 is 0 Å². The van der Waals surface area contributed by atoms with E-state index in [9.17, 15) is 18.5 Å². The Kier molecular flexibility index (Phi) is 4.62. The third kappa shape index (κ3) is 3.52. The summed E-state index contributed by atoms with van der Waals surface area (Å²) >= 11 is 0. The Labute approximate surface area is 101 Å². The molecule has 0 heterocycles. The lowest BCUT2D eigenvalue weighted by Gasteiger charge is -2.11. The molecule has 1 aromatic carbocycles. The Balaban J connectivity index is 2.74. The van der Waals surface area contributed by atoms with Crippen molar-refractivity contribution in [3.63, 3.8) is 0 Å². The molecule has 0 saturated heterocycles. The monoisotopic (exact) mass is 259 g/mol. The van der Waals surface area contributed by atoms with E-state index in [0.717, 1.165) is 6.07 Å². The van der Waals surface area contributed by atoms with Crippen LogP contribution in [0.15, 0.2) is 18.2 Å². The third-order valence-corrected chi connectivity index (χ3v) is 3.64. The van der Waals surface area contributed by atoms with Crippen molar-refractivity contribution in [1.82, 2.24) is 5.32 Å². The molecule has 0 radical (unpaired) electrons. The molecule has 94 valence electrons. The second-order valence-electron chi connectivity index (χ2n) is 3.65. The van der Waals surface area contributed by atoms with E-state index in [1.807, 2.05) is 0 Å². The quantitative estimate of drug-likeness (QED) is 0.848. The topological polar surface area (TPSA) is 66.4 Å². The van der Waals surface area contributed by atoms with Gasteiger partial charge < -0.3 is 10.4 Å². The Hall–Kier alpha value is -1.43. The van der Waals surface area contributed by atoms with Gasteiger partial charge in [-0.3, -0.25) is 9.00 Å². The summed E-state index contributed by atoms with van der Waals surface area (Å²) in [5.41, 5.74) is -0.387. The van der Waals surface area contributed by atoms with Crippen molar-refractivity contribution in [2.45, 2.75) is 12.2 Å². The highest BCUT2D eigenvalue weighted by Crippen LogP contribution is 2.19. The molecule has 6 heteroatoms. The number of benzene rings is 1. The van der Waals surface area contributed by atoms with E-state index < -0.39 is 28.3 Å². The summed E-state index contributed by atoms with van der Waals surface area (Å²) < 4.78 is 24.4. The van der Waals surface area contributed by atoms with E-state index >= 15 is 0 Å². The molecule has 0 unspecified atom stereocenters. The number of aromatic hydroxyl groups is 1. The fourth-order valence-corrected chi connectivity index (χ4v) is 1.50. The molecular weight excluding hydrogens is 245 g/mol. The summed E-state index contributed by atoms with van der Waals surface area (Å²) in [5, 5.41) is 11.6. The number of carbonyl (C=O) groups excluding carboxylic acids is 1. The van der Waals surface area contributed by atoms with Gasteiger partial charge in [0.15, 0.2) is 0 Å². The maximum Gasteiger partial charge on any atom is 0.258 e. The summed E-state index contributed by atoms with van der Waals surface area (Å²) in [6, 6.07) is 3.64. The molecule has 1 rings (SSSR count). The molecule has 0 aliphatic heterocycles. The maximum absolute atomic E-state index is 13.3. The van der Waals surface area contributed by atoms with Gasteiger partial charge in [-0.1, -0.05) is 6.07 Å². The van der Waals surface area contributed by atoms with E-state index in [4.69, 9.17) is 0 Å². The molecule has 1 aromatic rings. The van der Waals surface area contributed by atoms with Crippen LogP contribution in [0.25, 0.3) is 0 Å². The van der Waals surface area contributed by atoms with Crippen LogP contribution in [0.2, 0.25) is 0 Å². The minimum atomic E-state index is -1.06. The fourth-order valence-electron chi connectivity index (χ4n) is 1.18. The zero-order chi connectivity index (χ0) is 13.0. The van der Waals surface area contributed by atoms with Gasteiger partial charge in [-0.05, 0) is 19.1 Å². The second-order valence-corrected chi connectivity index (χ2v) is 5.46. The first-order chi connectivity index (χ1) is 7.93. The first-order valence-corrected chi connectivity index (χ1v) is 6.63. The van der Waals surface area contributed by atoms with Crippen molar-refractivity contribution in [1.29, 1.82) is 0 Å². The molecule has 4 nitrogen and oxygen atoms in total. The van der Waals surface area contributed by atoms with E-state index in [1.165, 1.54) is 18.4 Å². The maximum atomic E-state index is 13.3. The third-order valence-electron chi connectivity index (χ3n) is 2.34. The number of nitrogens with one attached hydrogen (secondary N) is 1. The van der Waals surface area contributed by atoms with E-state index in [-0.39, 0.29) is 17.4 Å². The average molecular weight is 259 g/mol. The van der Waals surface area contributed by atoms with E-state index in [1.54, 1.807) is 6.92 Å². The van der Waals surface area contributed by atoms with Crippen LogP contribution in [-0.2, 0) is 10.8 Å². The smallest absolute Gasteiger partial charge is 0.258 e. The van der Waals surface area contributed by atoms with E-state index in [0.29, 0.717) is 0 Å². The van der Waals surface area contributed by atoms with Crippen molar-refractivity contribution < 1.29 is 18.5 Å². The van der Waals surface area contributed by atoms with Crippen LogP contribution in [-0.4, -0.2) is 33.3 Å². The molecule has 0 aromatic heterocycles. The Bertz CT molecular complexity index is 430. The van der Waals surface area contributed by atoms with Crippen LogP contribution in [0.4, 0.5) is 4.39 Å². The molecule has 0 fully saturated rings. The molecule has 0 saturated carbocycles. The Morgan fingerprint density at radius 1 is 1.59 bits per heavy atom. The van der Waals surface area contributed by atoms with Gasteiger partial charge >= 0.3 is 0 Å². The lowest BCUT2D eigenvalue weighted by Crippen LogP contribution is -2.33. The zero-order valence-electron chi connectivity index (χ0n) is 9.57. The summed E-state index contributed by atoms with van der Waals surface area (Å²) in [5.74, 6) is -1.90. The normalized spacial score (nSPS) is 14.1. The summed E-state index contributed by atoms with van der Waals surface area (Å²) in [4.78, 5) is 11.6. The summed E-state index contributed by atoms with van der Waals surface area (Å²) in [6.07, 6.45) is 1.53. The number of amides is 1. The van der Waals surface area contributed by atoms with Gasteiger partial charge in [0, 0.05) is 28.9 Å². The molecule has 0 spiro atoms. The van der Waals surface area contributed by atoms with E-state index in [2.05, 4.69) is 5.32 Å². The minimum absolute atomic E-state index is 0.162. The van der Waals surface area contributed by atoms with Crippen LogP contribution < -0.4 is 5.32 Å². The van der Waals surface area contributed by atoms with Crippen LogP contribution in [0.3, 0.4) is 0 Å². The molecule has 17 heavy (non-hydrogen) atoms. The van der Waals surface area contributed by atoms with Gasteiger partial charge in [0.2, 0.25) is 0 Å². The van der Waals surface area contributed by atoms with Crippen molar-refractivity contribution >= 4 is 16.7 Å². The first-order valence-electron chi connectivity index (χ1n) is 5.01. The van der Waals surface area contributed by atoms with Crippen molar-refractivity contribution in [3.8, 4) is 5.75 Å². The molecule has 0 aliphatic rings. The predicted octanol–water partition coefficient (Wildman–Crippen LogP) is 1.03. The van der Waals surface area contributed by atoms with Gasteiger partial charge in [0.25, 0.3) is 5.91 Å². The summed E-state index contributed by atoms with van der Waals surface area (Å²) in [6.45, 7) is 1.87. The highest BCUT2D eigenvalue weighted by atomic mass is 32.2. The van der Waals surface area contributed by atoms with Crippen LogP contribution in [0.5, 0.6) is 5.75 Å². The van der Waals surface area contributed by atoms with Gasteiger partial charge in [-0.2, -0.15) is 0 Å². The number of phenolic OH excluding ortho intramolecular Hbond substituents is 1. The standard InChI is InChI=1S/C11H14FNO3S/c1-7(17(2)16)6-13-11(15)10-8(12)4-3-5-9(10)14/h3-5,7,14H,6H2,1-2H3,(H,13,15)/t7-,17+/m0/s1. The number of hydrogen-bond acceptors (Lipinski definition) is 3. The van der Waals surface area contributed by atoms with Gasteiger partial charge in [-0.25, -0.2) is 4.39 Å². The number of halogens is 1. The highest BCUT2D eigenvalue weighted by molar-refractivity contribution is 7.84. The number of phenols is 1. The van der Waals surface area contributed by atoms with Crippen LogP contribution in [0, 0.1) is 5.82 Å². The fraction of sp³-hybridized carbons (Fsp3) is 0.364. The lowest BCUT2D eigenvalue weighted by molar-refractivity contribution is 0.0947. The largest absolute Gasteiger partial charge is 0.507 e. The van der Waals surface area contributed by atoms with Gasteiger partial charge in [0.05, 0.1) is 0 Å². The van der Waals surface area contributed by atoms with Crippen LogP contribution in [0.1, 0.15) is 17.3 Å². The number of hydrogen-bond donors (Lipinski definition) is 2. The lowest BCUT2D eigenvalue weighted by atomic mass is 10.1. The van der Waals surface area contributed by atoms with Crippen molar-refractivity contribution in [2.24, 2.45) is 0 Å². The molecule has 1 amide bonds. The SMILES string of the molecule is C[C@@H](CNC(=O)c1c(O)cccc1F)[S@@](C)=O. The predicted molar refractivity (Wildman–Crippen MR) is 63.9 cm³/mol. The van der Waals surface area contributed by atoms with Crippen molar-refractivity contribution in [2.75, 3.05) is 12.8 Å². The Morgan fingerprint density at radius 2 is 2.24 bits per heavy atom. The molecule has 0 bridgehead atoms. The minimum Gasteiger partial charge on any atom is -0.507 e. The average Bonchev–Trinajstić information content (AvgIpc) is 2.25. The molecule has 2 N–H and O–H groups in total. The van der Waals surface area contributed by atoms with Gasteiger partial charge in [-0.15, -0.1) is 0 Å². The second kappa shape index (κ2) is 5.77. The number of rotatable bonds is 4. The first kappa shape index (κ1) is 13.6.